The Labute approximate surface area is 60.8 Å². The maximum Gasteiger partial charge on any atom is 0.323 e. The number of methoxy groups -OCH3 is 1. The summed E-state index contributed by atoms with van der Waals surface area (Å²) in [4.78, 5) is 10.8. The molecule has 0 aliphatic carbocycles. The van der Waals surface area contributed by atoms with Gasteiger partial charge in [-0.3, -0.25) is 4.79 Å². The van der Waals surface area contributed by atoms with E-state index in [1.54, 1.807) is 7.05 Å². The van der Waals surface area contributed by atoms with Gasteiger partial charge in [0.15, 0.2) is 0 Å². The number of esters is 1. The Morgan fingerprint density at radius 2 is 2.50 bits per heavy atom. The van der Waals surface area contributed by atoms with Gasteiger partial charge in [0.25, 0.3) is 0 Å². The molecule has 0 aromatic rings. The number of ether oxygens (including phenoxy) is 1. The smallest absolute Gasteiger partial charge is 0.323 e. The molecule has 10 heavy (non-hydrogen) atoms. The van der Waals surface area contributed by atoms with E-state index in [4.69, 9.17) is 6.42 Å². The summed E-state index contributed by atoms with van der Waals surface area (Å²) in [5.74, 6) is 2.05. The molecule has 1 N–H and O–H groups in total. The molecule has 0 aromatic heterocycles. The maximum atomic E-state index is 10.8. The first-order valence-electron chi connectivity index (χ1n) is 2.94. The Morgan fingerprint density at radius 1 is 1.90 bits per heavy atom. The molecule has 0 bridgehead atoms. The molecule has 0 radical (unpaired) electrons. The van der Waals surface area contributed by atoms with Crippen molar-refractivity contribution >= 4 is 5.97 Å². The van der Waals surface area contributed by atoms with E-state index in [0.29, 0.717) is 6.42 Å². The summed E-state index contributed by atoms with van der Waals surface area (Å²) in [5, 5.41) is 2.74. The van der Waals surface area contributed by atoms with Gasteiger partial charge in [-0.2, -0.15) is 0 Å². The maximum absolute atomic E-state index is 10.8. The number of likely N-dealkylation sites (N-methyl/N-ethyl adjacent to an activating group) is 1. The largest absolute Gasteiger partial charge is 0.468 e. The molecule has 56 valence electrons. The van der Waals surface area contributed by atoms with Gasteiger partial charge in [0.05, 0.1) is 7.11 Å². The van der Waals surface area contributed by atoms with Crippen molar-refractivity contribution in [3.8, 4) is 12.3 Å². The van der Waals surface area contributed by atoms with Crippen LogP contribution in [0.4, 0.5) is 0 Å². The molecule has 3 nitrogen and oxygen atoms in total. The van der Waals surface area contributed by atoms with Crippen molar-refractivity contribution in [1.82, 2.24) is 5.32 Å². The van der Waals surface area contributed by atoms with Gasteiger partial charge in [-0.15, -0.1) is 12.3 Å². The van der Waals surface area contributed by atoms with Crippen molar-refractivity contribution in [3.05, 3.63) is 0 Å². The number of carbonyl (C=O) groups excluding carboxylic acids is 1. The lowest BCUT2D eigenvalue weighted by atomic mass is 10.2. The lowest BCUT2D eigenvalue weighted by Crippen LogP contribution is -2.34. The highest BCUT2D eigenvalue weighted by molar-refractivity contribution is 5.75. The fourth-order valence-electron chi connectivity index (χ4n) is 0.563. The van der Waals surface area contributed by atoms with Crippen LogP contribution in [0.3, 0.4) is 0 Å². The third-order valence-electron chi connectivity index (χ3n) is 1.16. The SMILES string of the molecule is C#CCC(NC)C(=O)OC. The lowest BCUT2D eigenvalue weighted by Gasteiger charge is -2.08. The van der Waals surface area contributed by atoms with Crippen LogP contribution in [0.15, 0.2) is 0 Å². The first-order valence-corrected chi connectivity index (χ1v) is 2.94. The minimum atomic E-state index is -0.366. The Kier molecular flexibility index (Phi) is 4.34. The lowest BCUT2D eigenvalue weighted by molar-refractivity contribution is -0.142. The molecule has 0 saturated carbocycles. The highest BCUT2D eigenvalue weighted by atomic mass is 16.5. The molecule has 0 aliphatic heterocycles. The number of hydrogen-bond acceptors (Lipinski definition) is 3. The third kappa shape index (κ3) is 2.51. The van der Waals surface area contributed by atoms with Gasteiger partial charge in [0.1, 0.15) is 6.04 Å². The van der Waals surface area contributed by atoms with Crippen molar-refractivity contribution in [1.29, 1.82) is 0 Å². The second-order valence-corrected chi connectivity index (χ2v) is 1.77. The molecular formula is C7H11NO2. The number of terminal acetylenes is 1. The average molecular weight is 141 g/mol. The summed E-state index contributed by atoms with van der Waals surface area (Å²) in [6.07, 6.45) is 5.36. The van der Waals surface area contributed by atoms with Crippen LogP contribution in [-0.4, -0.2) is 26.2 Å². The predicted molar refractivity (Wildman–Crippen MR) is 38.3 cm³/mol. The summed E-state index contributed by atoms with van der Waals surface area (Å²) >= 11 is 0. The zero-order chi connectivity index (χ0) is 7.98. The number of hydrogen-bond donors (Lipinski definition) is 1. The van der Waals surface area contributed by atoms with E-state index in [1.807, 2.05) is 0 Å². The number of nitrogens with one attached hydrogen (secondary N) is 1. The summed E-state index contributed by atoms with van der Waals surface area (Å²) < 4.78 is 4.46. The molecule has 1 atom stereocenters. The van der Waals surface area contributed by atoms with Crippen LogP contribution in [0.5, 0.6) is 0 Å². The van der Waals surface area contributed by atoms with Crippen molar-refractivity contribution in [3.63, 3.8) is 0 Å². The van der Waals surface area contributed by atoms with Crippen molar-refractivity contribution in [2.24, 2.45) is 0 Å². The van der Waals surface area contributed by atoms with Crippen molar-refractivity contribution in [2.45, 2.75) is 12.5 Å². The van der Waals surface area contributed by atoms with E-state index < -0.39 is 0 Å². The second-order valence-electron chi connectivity index (χ2n) is 1.77. The molecule has 0 spiro atoms. The first kappa shape index (κ1) is 8.99. The highest BCUT2D eigenvalue weighted by Crippen LogP contribution is 1.91. The Morgan fingerprint density at radius 3 is 2.80 bits per heavy atom. The van der Waals surface area contributed by atoms with Crippen LogP contribution < -0.4 is 5.32 Å². The Hall–Kier alpha value is -1.01. The van der Waals surface area contributed by atoms with Gasteiger partial charge in [0.2, 0.25) is 0 Å². The van der Waals surface area contributed by atoms with Crippen LogP contribution in [0.2, 0.25) is 0 Å². The van der Waals surface area contributed by atoms with Gasteiger partial charge in [-0.25, -0.2) is 0 Å². The zero-order valence-electron chi connectivity index (χ0n) is 6.18. The molecule has 0 heterocycles. The molecule has 0 amide bonds. The van der Waals surface area contributed by atoms with Gasteiger partial charge in [-0.05, 0) is 7.05 Å². The molecule has 0 saturated heterocycles. The normalized spacial score (nSPS) is 11.7. The molecule has 3 heteroatoms. The summed E-state index contributed by atoms with van der Waals surface area (Å²) in [6, 6.07) is -0.366. The van der Waals surface area contributed by atoms with Crippen LogP contribution in [0.25, 0.3) is 0 Å². The van der Waals surface area contributed by atoms with E-state index in [2.05, 4.69) is 16.0 Å². The van der Waals surface area contributed by atoms with Crippen LogP contribution in [0.1, 0.15) is 6.42 Å². The standard InChI is InChI=1S/C7H11NO2/c1-4-5-6(8-2)7(9)10-3/h1,6,8H,5H2,2-3H3. The molecular weight excluding hydrogens is 130 g/mol. The first-order chi connectivity index (χ1) is 4.76. The summed E-state index contributed by atoms with van der Waals surface area (Å²) in [5.41, 5.74) is 0. The Balaban J connectivity index is 3.83. The average Bonchev–Trinajstić information content (AvgIpc) is 1.99. The topological polar surface area (TPSA) is 38.3 Å². The van der Waals surface area contributed by atoms with E-state index in [-0.39, 0.29) is 12.0 Å². The van der Waals surface area contributed by atoms with E-state index in [9.17, 15) is 4.79 Å². The third-order valence-corrected chi connectivity index (χ3v) is 1.16. The zero-order valence-corrected chi connectivity index (χ0v) is 6.18. The van der Waals surface area contributed by atoms with Gasteiger partial charge < -0.3 is 10.1 Å². The molecule has 1 unspecified atom stereocenters. The van der Waals surface area contributed by atoms with Gasteiger partial charge in [0, 0.05) is 6.42 Å². The summed E-state index contributed by atoms with van der Waals surface area (Å²) in [7, 11) is 3.00. The minimum absolute atomic E-state index is 0.319. The Bertz CT molecular complexity index is 148. The highest BCUT2D eigenvalue weighted by Gasteiger charge is 2.14. The van der Waals surface area contributed by atoms with Gasteiger partial charge in [-0.1, -0.05) is 0 Å². The number of rotatable bonds is 3. The molecule has 0 aliphatic rings. The van der Waals surface area contributed by atoms with E-state index in [1.165, 1.54) is 7.11 Å². The van der Waals surface area contributed by atoms with E-state index in [0.717, 1.165) is 0 Å². The second kappa shape index (κ2) is 4.83. The molecule has 0 aromatic carbocycles. The van der Waals surface area contributed by atoms with E-state index >= 15 is 0 Å². The van der Waals surface area contributed by atoms with Crippen molar-refractivity contribution in [2.75, 3.05) is 14.2 Å². The quantitative estimate of drug-likeness (QED) is 0.436. The molecule has 0 rings (SSSR count). The van der Waals surface area contributed by atoms with Crippen LogP contribution in [-0.2, 0) is 9.53 Å². The fourth-order valence-corrected chi connectivity index (χ4v) is 0.563. The monoisotopic (exact) mass is 141 g/mol. The minimum Gasteiger partial charge on any atom is -0.468 e. The van der Waals surface area contributed by atoms with Crippen LogP contribution >= 0.6 is 0 Å². The molecule has 0 fully saturated rings. The van der Waals surface area contributed by atoms with Gasteiger partial charge >= 0.3 is 5.97 Å². The number of carbonyl (C=O) groups is 1. The summed E-state index contributed by atoms with van der Waals surface area (Å²) in [6.45, 7) is 0. The fraction of sp³-hybridized carbons (Fsp3) is 0.571. The predicted octanol–water partition coefficient (Wildman–Crippen LogP) is -0.229. The van der Waals surface area contributed by atoms with Crippen molar-refractivity contribution < 1.29 is 9.53 Å². The van der Waals surface area contributed by atoms with Crippen LogP contribution in [0, 0.1) is 12.3 Å².